The molecule has 0 aliphatic heterocycles. The summed E-state index contributed by atoms with van der Waals surface area (Å²) >= 11 is 0. The SMILES string of the molecule is CN=C(NCCc1cccc(F)c1)NC1CC1c1c(F)cccc1F.I. The molecule has 0 spiro atoms. The van der Waals surface area contributed by atoms with Crippen LogP contribution in [0.3, 0.4) is 0 Å². The summed E-state index contributed by atoms with van der Waals surface area (Å²) < 4.78 is 40.8. The van der Waals surface area contributed by atoms with Crippen LogP contribution in [0.15, 0.2) is 47.5 Å². The van der Waals surface area contributed by atoms with Gasteiger partial charge in [-0.2, -0.15) is 0 Å². The van der Waals surface area contributed by atoms with E-state index in [0.717, 1.165) is 5.56 Å². The monoisotopic (exact) mass is 475 g/mol. The van der Waals surface area contributed by atoms with Gasteiger partial charge in [-0.3, -0.25) is 4.99 Å². The molecule has 2 unspecified atom stereocenters. The molecule has 1 saturated carbocycles. The van der Waals surface area contributed by atoms with Crippen LogP contribution in [0, 0.1) is 17.5 Å². The number of hydrogen-bond donors (Lipinski definition) is 2. The van der Waals surface area contributed by atoms with E-state index in [1.165, 1.54) is 30.3 Å². The molecule has 1 aliphatic carbocycles. The van der Waals surface area contributed by atoms with Gasteiger partial charge in [-0.05, 0) is 42.7 Å². The lowest BCUT2D eigenvalue weighted by Crippen LogP contribution is -2.40. The van der Waals surface area contributed by atoms with Crippen LogP contribution < -0.4 is 10.6 Å². The Balaban J connectivity index is 0.00000243. The van der Waals surface area contributed by atoms with E-state index in [1.54, 1.807) is 13.1 Å². The Morgan fingerprint density at radius 2 is 1.81 bits per heavy atom. The number of nitrogens with one attached hydrogen (secondary N) is 2. The van der Waals surface area contributed by atoms with Crippen LogP contribution in [-0.4, -0.2) is 25.6 Å². The van der Waals surface area contributed by atoms with Crippen molar-refractivity contribution in [2.45, 2.75) is 24.8 Å². The largest absolute Gasteiger partial charge is 0.356 e. The van der Waals surface area contributed by atoms with Crippen LogP contribution >= 0.6 is 24.0 Å². The molecule has 1 aliphatic rings. The minimum Gasteiger partial charge on any atom is -0.356 e. The second kappa shape index (κ2) is 9.25. The molecule has 1 fully saturated rings. The third-order valence-corrected chi connectivity index (χ3v) is 4.30. The minimum absolute atomic E-state index is 0. The van der Waals surface area contributed by atoms with E-state index in [2.05, 4.69) is 15.6 Å². The Kier molecular flexibility index (Phi) is 7.31. The molecular weight excluding hydrogens is 454 g/mol. The first-order chi connectivity index (χ1) is 12.1. The van der Waals surface area contributed by atoms with E-state index >= 15 is 0 Å². The molecule has 2 aromatic rings. The molecule has 2 atom stereocenters. The predicted octanol–water partition coefficient (Wildman–Crippen LogP) is 3.99. The Morgan fingerprint density at radius 3 is 2.46 bits per heavy atom. The molecule has 7 heteroatoms. The summed E-state index contributed by atoms with van der Waals surface area (Å²) in [5.74, 6) is -0.900. The van der Waals surface area contributed by atoms with Crippen molar-refractivity contribution < 1.29 is 13.2 Å². The van der Waals surface area contributed by atoms with Crippen LogP contribution in [-0.2, 0) is 6.42 Å². The van der Waals surface area contributed by atoms with Crippen molar-refractivity contribution in [2.24, 2.45) is 4.99 Å². The Morgan fingerprint density at radius 1 is 1.12 bits per heavy atom. The Labute approximate surface area is 168 Å². The van der Waals surface area contributed by atoms with Gasteiger partial charge in [-0.15, -0.1) is 24.0 Å². The predicted molar refractivity (Wildman–Crippen MR) is 108 cm³/mol. The number of rotatable bonds is 5. The molecule has 3 nitrogen and oxygen atoms in total. The lowest BCUT2D eigenvalue weighted by Gasteiger charge is -2.12. The summed E-state index contributed by atoms with van der Waals surface area (Å²) in [6, 6.07) is 10.3. The van der Waals surface area contributed by atoms with Gasteiger partial charge >= 0.3 is 0 Å². The first-order valence-electron chi connectivity index (χ1n) is 8.24. The summed E-state index contributed by atoms with van der Waals surface area (Å²) in [5.41, 5.74) is 1.02. The second-order valence-corrected chi connectivity index (χ2v) is 6.11. The van der Waals surface area contributed by atoms with E-state index in [4.69, 9.17) is 0 Å². The lowest BCUT2D eigenvalue weighted by molar-refractivity contribution is 0.553. The van der Waals surface area contributed by atoms with Crippen molar-refractivity contribution >= 4 is 29.9 Å². The summed E-state index contributed by atoms with van der Waals surface area (Å²) in [6.07, 6.45) is 1.30. The van der Waals surface area contributed by atoms with Gasteiger partial charge in [-0.25, -0.2) is 13.2 Å². The fourth-order valence-electron chi connectivity index (χ4n) is 2.93. The summed E-state index contributed by atoms with van der Waals surface area (Å²) in [4.78, 5) is 4.12. The third kappa shape index (κ3) is 5.12. The van der Waals surface area contributed by atoms with Gasteiger partial charge < -0.3 is 10.6 Å². The summed E-state index contributed by atoms with van der Waals surface area (Å²) in [6.45, 7) is 0.578. The van der Waals surface area contributed by atoms with Crippen molar-refractivity contribution in [3.05, 3.63) is 71.0 Å². The lowest BCUT2D eigenvalue weighted by atomic mass is 10.1. The number of nitrogens with zero attached hydrogens (tertiary/aromatic N) is 1. The second-order valence-electron chi connectivity index (χ2n) is 6.11. The standard InChI is InChI=1S/C19H20F3N3.HI/c1-23-19(24-9-8-12-4-2-5-13(20)10-12)25-17-11-14(17)18-15(21)6-3-7-16(18)22;/h2-7,10,14,17H,8-9,11H2,1H3,(H2,23,24,25);1H. The third-order valence-electron chi connectivity index (χ3n) is 4.30. The van der Waals surface area contributed by atoms with Gasteiger partial charge in [0.25, 0.3) is 0 Å². The van der Waals surface area contributed by atoms with Crippen LogP contribution in [0.2, 0.25) is 0 Å². The van der Waals surface area contributed by atoms with Gasteiger partial charge in [0.1, 0.15) is 17.5 Å². The zero-order chi connectivity index (χ0) is 17.8. The van der Waals surface area contributed by atoms with E-state index in [0.29, 0.717) is 25.3 Å². The van der Waals surface area contributed by atoms with Crippen molar-refractivity contribution in [3.63, 3.8) is 0 Å². The number of hydrogen-bond acceptors (Lipinski definition) is 1. The number of benzene rings is 2. The fourth-order valence-corrected chi connectivity index (χ4v) is 2.93. The molecule has 0 heterocycles. The molecule has 0 saturated heterocycles. The van der Waals surface area contributed by atoms with E-state index in [9.17, 15) is 13.2 Å². The van der Waals surface area contributed by atoms with Crippen molar-refractivity contribution in [3.8, 4) is 0 Å². The molecule has 2 aromatic carbocycles. The van der Waals surface area contributed by atoms with Crippen LogP contribution in [0.5, 0.6) is 0 Å². The van der Waals surface area contributed by atoms with Gasteiger partial charge in [0.2, 0.25) is 0 Å². The highest BCUT2D eigenvalue weighted by Crippen LogP contribution is 2.42. The first kappa shape index (κ1) is 20.5. The highest BCUT2D eigenvalue weighted by molar-refractivity contribution is 14.0. The van der Waals surface area contributed by atoms with Gasteiger partial charge in [0.05, 0.1) is 0 Å². The Bertz CT molecular complexity index is 762. The quantitative estimate of drug-likeness (QED) is 0.390. The minimum atomic E-state index is -0.511. The molecule has 140 valence electrons. The van der Waals surface area contributed by atoms with Crippen LogP contribution in [0.1, 0.15) is 23.5 Å². The molecule has 26 heavy (non-hydrogen) atoms. The average molecular weight is 475 g/mol. The maximum Gasteiger partial charge on any atom is 0.191 e. The maximum absolute atomic E-state index is 13.8. The maximum atomic E-state index is 13.8. The normalized spacial score (nSPS) is 18.8. The van der Waals surface area contributed by atoms with Gasteiger partial charge in [-0.1, -0.05) is 18.2 Å². The number of aliphatic imine (C=N–C) groups is 1. The summed E-state index contributed by atoms with van der Waals surface area (Å²) in [5, 5.41) is 6.31. The molecule has 0 bridgehead atoms. The molecule has 3 rings (SSSR count). The highest BCUT2D eigenvalue weighted by atomic mass is 127. The number of halogens is 4. The smallest absolute Gasteiger partial charge is 0.191 e. The van der Waals surface area contributed by atoms with Gasteiger partial charge in [0.15, 0.2) is 5.96 Å². The summed E-state index contributed by atoms with van der Waals surface area (Å²) in [7, 11) is 1.64. The van der Waals surface area contributed by atoms with Crippen LogP contribution in [0.4, 0.5) is 13.2 Å². The molecule has 0 radical (unpaired) electrons. The first-order valence-corrected chi connectivity index (χ1v) is 8.24. The fraction of sp³-hybridized carbons (Fsp3) is 0.316. The molecule has 2 N–H and O–H groups in total. The van der Waals surface area contributed by atoms with E-state index < -0.39 is 11.6 Å². The average Bonchev–Trinajstić information content (AvgIpc) is 3.32. The van der Waals surface area contributed by atoms with E-state index in [-0.39, 0.29) is 47.3 Å². The molecule has 0 amide bonds. The Hall–Kier alpha value is -1.77. The topological polar surface area (TPSA) is 36.4 Å². The number of guanidine groups is 1. The molecular formula is C19H21F3IN3. The zero-order valence-electron chi connectivity index (χ0n) is 14.3. The van der Waals surface area contributed by atoms with Crippen molar-refractivity contribution in [1.82, 2.24) is 10.6 Å². The van der Waals surface area contributed by atoms with Crippen LogP contribution in [0.25, 0.3) is 0 Å². The van der Waals surface area contributed by atoms with Crippen molar-refractivity contribution in [1.29, 1.82) is 0 Å². The van der Waals surface area contributed by atoms with Gasteiger partial charge in [0, 0.05) is 31.1 Å². The highest BCUT2D eigenvalue weighted by Gasteiger charge is 2.42. The van der Waals surface area contributed by atoms with Crippen molar-refractivity contribution in [2.75, 3.05) is 13.6 Å². The zero-order valence-corrected chi connectivity index (χ0v) is 16.6. The van der Waals surface area contributed by atoms with E-state index in [1.807, 2.05) is 6.07 Å². The molecule has 0 aromatic heterocycles.